The summed E-state index contributed by atoms with van der Waals surface area (Å²) >= 11 is 12.9. The molecule has 22 heavy (non-hydrogen) atoms. The zero-order chi connectivity index (χ0) is 16.3. The Bertz CT molecular complexity index is 729. The van der Waals surface area contributed by atoms with Gasteiger partial charge >= 0.3 is 0 Å². The van der Waals surface area contributed by atoms with Crippen molar-refractivity contribution in [1.82, 2.24) is 0 Å². The third-order valence-corrected chi connectivity index (χ3v) is 4.38. The first kappa shape index (κ1) is 16.7. The molecule has 0 radical (unpaired) electrons. The maximum atomic E-state index is 11.9. The fourth-order valence-corrected chi connectivity index (χ4v) is 2.56. The predicted molar refractivity (Wildman–Crippen MR) is 92.2 cm³/mol. The molecule has 2 rings (SSSR count). The average Bonchev–Trinajstić information content (AvgIpc) is 2.47. The zero-order valence-corrected chi connectivity index (χ0v) is 13.8. The van der Waals surface area contributed by atoms with Gasteiger partial charge in [0.1, 0.15) is 0 Å². The van der Waals surface area contributed by atoms with Crippen molar-refractivity contribution in [3.05, 3.63) is 40.4 Å². The second-order valence-corrected chi connectivity index (χ2v) is 6.04. The number of aliphatic imine (C=N–C) groups is 2. The van der Waals surface area contributed by atoms with Gasteiger partial charge < -0.3 is 5.32 Å². The van der Waals surface area contributed by atoms with Crippen molar-refractivity contribution in [3.8, 4) is 0 Å². The van der Waals surface area contributed by atoms with Crippen LogP contribution >= 0.6 is 35.0 Å². The molecule has 1 aliphatic heterocycles. The van der Waals surface area contributed by atoms with E-state index in [0.717, 1.165) is 11.8 Å². The van der Waals surface area contributed by atoms with Gasteiger partial charge in [0.2, 0.25) is 5.91 Å². The van der Waals surface area contributed by atoms with Crippen LogP contribution in [0.25, 0.3) is 0 Å². The van der Waals surface area contributed by atoms with Crippen molar-refractivity contribution in [2.24, 2.45) is 9.98 Å². The highest BCUT2D eigenvalue weighted by Crippen LogP contribution is 2.29. The molecule has 0 fully saturated rings. The molecule has 1 heterocycles. The van der Waals surface area contributed by atoms with Gasteiger partial charge in [0, 0.05) is 0 Å². The van der Waals surface area contributed by atoms with E-state index >= 15 is 0 Å². The minimum Gasteiger partial charge on any atom is -0.324 e. The van der Waals surface area contributed by atoms with Crippen molar-refractivity contribution in [2.45, 2.75) is 6.92 Å². The maximum Gasteiger partial charge on any atom is 0.280 e. The molecular weight excluding hydrogens is 345 g/mol. The summed E-state index contributed by atoms with van der Waals surface area (Å²) in [5, 5.41) is 3.51. The Kier molecular flexibility index (Phi) is 5.39. The molecule has 1 aromatic rings. The highest BCUT2D eigenvalue weighted by atomic mass is 35.5. The smallest absolute Gasteiger partial charge is 0.280 e. The predicted octanol–water partition coefficient (Wildman–Crippen LogP) is 3.58. The van der Waals surface area contributed by atoms with Gasteiger partial charge in [-0.05, 0) is 19.1 Å². The van der Waals surface area contributed by atoms with Crippen LogP contribution in [0.4, 0.5) is 5.69 Å². The standard InChI is InChI=1S/C14H11Cl2N3O2S/c1-7-8(2)17-14(19-13(7)21)22-6-11(20)18-10-5-3-4-9(15)12(10)16/h3-5H,1,6H2,2H3,(H,18,20). The largest absolute Gasteiger partial charge is 0.324 e. The quantitative estimate of drug-likeness (QED) is 0.842. The third-order valence-electron chi connectivity index (χ3n) is 2.71. The second-order valence-electron chi connectivity index (χ2n) is 4.31. The maximum absolute atomic E-state index is 11.9. The molecule has 5 nitrogen and oxygen atoms in total. The van der Waals surface area contributed by atoms with E-state index in [4.69, 9.17) is 23.2 Å². The van der Waals surface area contributed by atoms with Crippen molar-refractivity contribution < 1.29 is 9.59 Å². The van der Waals surface area contributed by atoms with Crippen LogP contribution in [0.3, 0.4) is 0 Å². The van der Waals surface area contributed by atoms with Crippen LogP contribution in [0.15, 0.2) is 40.3 Å². The van der Waals surface area contributed by atoms with E-state index in [1.165, 1.54) is 0 Å². The number of nitrogens with zero attached hydrogens (tertiary/aromatic N) is 2. The van der Waals surface area contributed by atoms with Gasteiger partial charge in [0.25, 0.3) is 5.91 Å². The number of carbonyl (C=O) groups excluding carboxylic acids is 2. The van der Waals surface area contributed by atoms with E-state index in [0.29, 0.717) is 16.4 Å². The Morgan fingerprint density at radius 1 is 1.36 bits per heavy atom. The number of amidine groups is 1. The van der Waals surface area contributed by atoms with Gasteiger partial charge in [-0.3, -0.25) is 9.59 Å². The van der Waals surface area contributed by atoms with Crippen LogP contribution in [0.1, 0.15) is 6.92 Å². The fraction of sp³-hybridized carbons (Fsp3) is 0.143. The first-order valence-corrected chi connectivity index (χ1v) is 7.87. The van der Waals surface area contributed by atoms with E-state index in [9.17, 15) is 9.59 Å². The first-order valence-electron chi connectivity index (χ1n) is 6.12. The molecule has 114 valence electrons. The van der Waals surface area contributed by atoms with Crippen molar-refractivity contribution in [2.75, 3.05) is 11.1 Å². The Morgan fingerprint density at radius 2 is 2.09 bits per heavy atom. The number of nitrogens with one attached hydrogen (secondary N) is 1. The number of hydrogen-bond donors (Lipinski definition) is 1. The molecule has 1 aliphatic rings. The molecule has 8 heteroatoms. The SMILES string of the molecule is C=C1C(=O)N=C(SCC(=O)Nc2cccc(Cl)c2Cl)N=C1C. The lowest BCUT2D eigenvalue weighted by Gasteiger charge is -2.10. The fourth-order valence-electron chi connectivity index (χ4n) is 1.53. The highest BCUT2D eigenvalue weighted by molar-refractivity contribution is 8.14. The number of rotatable bonds is 3. The van der Waals surface area contributed by atoms with E-state index in [2.05, 4.69) is 21.9 Å². The number of anilines is 1. The van der Waals surface area contributed by atoms with Gasteiger partial charge in [0.15, 0.2) is 5.17 Å². The minimum atomic E-state index is -0.437. The second kappa shape index (κ2) is 7.09. The van der Waals surface area contributed by atoms with E-state index < -0.39 is 5.91 Å². The van der Waals surface area contributed by atoms with Crippen LogP contribution in [0.2, 0.25) is 10.0 Å². The van der Waals surface area contributed by atoms with Gasteiger partial charge in [-0.2, -0.15) is 4.99 Å². The monoisotopic (exact) mass is 355 g/mol. The van der Waals surface area contributed by atoms with Crippen molar-refractivity contribution in [3.63, 3.8) is 0 Å². The van der Waals surface area contributed by atoms with Crippen LogP contribution in [-0.2, 0) is 9.59 Å². The van der Waals surface area contributed by atoms with E-state index in [-0.39, 0.29) is 27.4 Å². The Morgan fingerprint density at radius 3 is 2.77 bits per heavy atom. The summed E-state index contributed by atoms with van der Waals surface area (Å²) in [6, 6.07) is 4.95. The lowest BCUT2D eigenvalue weighted by molar-refractivity contribution is -0.114. The average molecular weight is 356 g/mol. The molecule has 0 saturated carbocycles. The van der Waals surface area contributed by atoms with Crippen LogP contribution in [-0.4, -0.2) is 28.4 Å². The molecule has 0 atom stereocenters. The molecule has 0 saturated heterocycles. The topological polar surface area (TPSA) is 70.9 Å². The van der Waals surface area contributed by atoms with Crippen LogP contribution < -0.4 is 5.32 Å². The highest BCUT2D eigenvalue weighted by Gasteiger charge is 2.18. The number of halogens is 2. The van der Waals surface area contributed by atoms with Crippen molar-refractivity contribution >= 4 is 63.3 Å². The molecule has 1 aromatic carbocycles. The van der Waals surface area contributed by atoms with E-state index in [1.54, 1.807) is 25.1 Å². The van der Waals surface area contributed by atoms with Crippen LogP contribution in [0.5, 0.6) is 0 Å². The number of amides is 2. The molecule has 0 spiro atoms. The van der Waals surface area contributed by atoms with Gasteiger partial charge in [-0.1, -0.05) is 47.6 Å². The number of hydrogen-bond acceptors (Lipinski definition) is 4. The molecule has 0 aromatic heterocycles. The molecular formula is C14H11Cl2N3O2S. The summed E-state index contributed by atoms with van der Waals surface area (Å²) in [6.07, 6.45) is 0. The molecule has 0 unspecified atom stereocenters. The first-order chi connectivity index (χ1) is 10.4. The summed E-state index contributed by atoms with van der Waals surface area (Å²) in [6.45, 7) is 5.24. The Hall–Kier alpha value is -1.63. The van der Waals surface area contributed by atoms with Gasteiger partial charge in [-0.15, -0.1) is 0 Å². The third kappa shape index (κ3) is 3.97. The molecule has 1 N–H and O–H groups in total. The molecule has 2 amide bonds. The lowest BCUT2D eigenvalue weighted by atomic mass is 10.2. The van der Waals surface area contributed by atoms with Crippen molar-refractivity contribution in [1.29, 1.82) is 0 Å². The minimum absolute atomic E-state index is 0.0399. The van der Waals surface area contributed by atoms with Gasteiger partial charge in [0.05, 0.1) is 32.8 Å². The molecule has 0 bridgehead atoms. The number of carbonyl (C=O) groups is 2. The lowest BCUT2D eigenvalue weighted by Crippen LogP contribution is -2.18. The Balaban J connectivity index is 1.97. The summed E-state index contributed by atoms with van der Waals surface area (Å²) < 4.78 is 0. The normalized spacial score (nSPS) is 14.5. The number of benzene rings is 1. The summed E-state index contributed by atoms with van der Waals surface area (Å²) in [7, 11) is 0. The number of thioether (sulfide) groups is 1. The van der Waals surface area contributed by atoms with Crippen LogP contribution in [0, 0.1) is 0 Å². The summed E-state index contributed by atoms with van der Waals surface area (Å²) in [5.41, 5.74) is 1.19. The van der Waals surface area contributed by atoms with Gasteiger partial charge in [-0.25, -0.2) is 4.99 Å². The Labute approximate surface area is 141 Å². The summed E-state index contributed by atoms with van der Waals surface area (Å²) in [5.74, 6) is -0.701. The molecule has 0 aliphatic carbocycles. The van der Waals surface area contributed by atoms with E-state index in [1.807, 2.05) is 0 Å². The summed E-state index contributed by atoms with van der Waals surface area (Å²) in [4.78, 5) is 31.3. The zero-order valence-electron chi connectivity index (χ0n) is 11.5.